The lowest BCUT2D eigenvalue weighted by Gasteiger charge is -2.34. The van der Waals surface area contributed by atoms with Crippen LogP contribution in [-0.4, -0.2) is 34.3 Å². The molecule has 2 atom stereocenters. The van der Waals surface area contributed by atoms with Gasteiger partial charge in [-0.3, -0.25) is 4.98 Å². The summed E-state index contributed by atoms with van der Waals surface area (Å²) in [5.74, 6) is 6.91. The maximum absolute atomic E-state index is 9.81. The van der Waals surface area contributed by atoms with Crippen LogP contribution in [0.15, 0.2) is 12.4 Å². The largest absolute Gasteiger partial charge is 0.391 e. The van der Waals surface area contributed by atoms with Crippen molar-refractivity contribution in [3.63, 3.8) is 0 Å². The van der Waals surface area contributed by atoms with Crippen LogP contribution in [0.3, 0.4) is 0 Å². The number of piperidine rings is 1. The number of aromatic nitrogens is 2. The van der Waals surface area contributed by atoms with Gasteiger partial charge in [0.1, 0.15) is 5.82 Å². The smallest absolute Gasteiger partial charge is 0.160 e. The number of aliphatic hydroxyl groups is 1. The van der Waals surface area contributed by atoms with Crippen LogP contribution in [0.25, 0.3) is 0 Å². The Kier molecular flexibility index (Phi) is 3.21. The van der Waals surface area contributed by atoms with Gasteiger partial charge in [-0.05, 0) is 12.3 Å². The van der Waals surface area contributed by atoms with Crippen LogP contribution in [0.1, 0.15) is 13.3 Å². The maximum atomic E-state index is 9.81. The first-order chi connectivity index (χ1) is 7.70. The number of nitrogen functional groups attached to an aromatic ring is 1. The Balaban J connectivity index is 2.12. The van der Waals surface area contributed by atoms with Gasteiger partial charge in [0.25, 0.3) is 0 Å². The highest BCUT2D eigenvalue weighted by Gasteiger charge is 2.25. The third kappa shape index (κ3) is 2.23. The van der Waals surface area contributed by atoms with Gasteiger partial charge >= 0.3 is 0 Å². The van der Waals surface area contributed by atoms with Crippen LogP contribution in [0, 0.1) is 5.92 Å². The normalized spacial score (nSPS) is 25.6. The molecule has 0 radical (unpaired) electrons. The molecule has 16 heavy (non-hydrogen) atoms. The first kappa shape index (κ1) is 11.1. The second kappa shape index (κ2) is 4.63. The minimum Gasteiger partial charge on any atom is -0.391 e. The second-order valence-electron chi connectivity index (χ2n) is 4.19. The predicted octanol–water partition coefficient (Wildman–Crippen LogP) is -0.0307. The summed E-state index contributed by atoms with van der Waals surface area (Å²) in [5.41, 5.74) is 2.46. The van der Waals surface area contributed by atoms with Gasteiger partial charge in [0.15, 0.2) is 5.82 Å². The van der Waals surface area contributed by atoms with E-state index in [1.54, 1.807) is 12.4 Å². The second-order valence-corrected chi connectivity index (χ2v) is 4.19. The summed E-state index contributed by atoms with van der Waals surface area (Å²) >= 11 is 0. The number of rotatable bonds is 2. The van der Waals surface area contributed by atoms with Gasteiger partial charge in [-0.25, -0.2) is 10.8 Å². The molecule has 0 spiro atoms. The lowest BCUT2D eigenvalue weighted by atomic mass is 9.96. The van der Waals surface area contributed by atoms with Crippen LogP contribution in [0.2, 0.25) is 0 Å². The average molecular weight is 223 g/mol. The fourth-order valence-corrected chi connectivity index (χ4v) is 1.83. The number of hydrogen-bond donors (Lipinski definition) is 3. The van der Waals surface area contributed by atoms with E-state index in [1.807, 2.05) is 4.90 Å². The van der Waals surface area contributed by atoms with Crippen molar-refractivity contribution in [1.82, 2.24) is 9.97 Å². The zero-order chi connectivity index (χ0) is 11.5. The van der Waals surface area contributed by atoms with Crippen LogP contribution >= 0.6 is 0 Å². The van der Waals surface area contributed by atoms with E-state index in [4.69, 9.17) is 5.84 Å². The van der Waals surface area contributed by atoms with Gasteiger partial charge in [-0.1, -0.05) is 6.92 Å². The SMILES string of the molecule is CC1CCN(c2cncc(NN)n2)CC1O. The molecule has 2 heterocycles. The minimum atomic E-state index is -0.301. The summed E-state index contributed by atoms with van der Waals surface area (Å²) < 4.78 is 0. The van der Waals surface area contributed by atoms with Gasteiger partial charge in [0.2, 0.25) is 0 Å². The van der Waals surface area contributed by atoms with E-state index in [1.165, 1.54) is 0 Å². The zero-order valence-corrected chi connectivity index (χ0v) is 9.30. The number of β-amino-alcohol motifs (C(OH)–C–C–N with tert-alkyl or cyclic N) is 1. The molecule has 6 heteroatoms. The van der Waals surface area contributed by atoms with Gasteiger partial charge in [-0.15, -0.1) is 0 Å². The fourth-order valence-electron chi connectivity index (χ4n) is 1.83. The maximum Gasteiger partial charge on any atom is 0.160 e. The molecular formula is C10H17N5O. The van der Waals surface area contributed by atoms with Crippen molar-refractivity contribution >= 4 is 11.6 Å². The molecule has 1 aliphatic rings. The average Bonchev–Trinajstić information content (AvgIpc) is 2.33. The Morgan fingerprint density at radius 2 is 2.38 bits per heavy atom. The van der Waals surface area contributed by atoms with E-state index in [2.05, 4.69) is 22.3 Å². The fraction of sp³-hybridized carbons (Fsp3) is 0.600. The Labute approximate surface area is 94.5 Å². The third-order valence-corrected chi connectivity index (χ3v) is 3.01. The lowest BCUT2D eigenvalue weighted by Crippen LogP contribution is -2.43. The molecule has 2 rings (SSSR count). The molecule has 1 fully saturated rings. The van der Waals surface area contributed by atoms with Crippen molar-refractivity contribution in [3.05, 3.63) is 12.4 Å². The zero-order valence-electron chi connectivity index (χ0n) is 9.30. The monoisotopic (exact) mass is 223 g/mol. The highest BCUT2D eigenvalue weighted by molar-refractivity contribution is 5.43. The van der Waals surface area contributed by atoms with Gasteiger partial charge in [0.05, 0.1) is 18.5 Å². The Morgan fingerprint density at radius 1 is 1.56 bits per heavy atom. The predicted molar refractivity (Wildman–Crippen MR) is 61.8 cm³/mol. The van der Waals surface area contributed by atoms with Crippen molar-refractivity contribution < 1.29 is 5.11 Å². The minimum absolute atomic E-state index is 0.301. The highest BCUT2D eigenvalue weighted by atomic mass is 16.3. The number of hydrazine groups is 1. The molecule has 4 N–H and O–H groups in total. The molecule has 88 valence electrons. The van der Waals surface area contributed by atoms with Crippen LogP contribution in [0.4, 0.5) is 11.6 Å². The van der Waals surface area contributed by atoms with Gasteiger partial charge in [0, 0.05) is 13.1 Å². The Bertz CT molecular complexity index is 359. The highest BCUT2D eigenvalue weighted by Crippen LogP contribution is 2.21. The van der Waals surface area contributed by atoms with Crippen LogP contribution in [-0.2, 0) is 0 Å². The molecule has 6 nitrogen and oxygen atoms in total. The summed E-state index contributed by atoms with van der Waals surface area (Å²) in [6.07, 6.45) is 3.91. The Morgan fingerprint density at radius 3 is 3.06 bits per heavy atom. The van der Waals surface area contributed by atoms with E-state index in [0.29, 0.717) is 18.3 Å². The van der Waals surface area contributed by atoms with Crippen LogP contribution < -0.4 is 16.2 Å². The topological polar surface area (TPSA) is 87.3 Å². The number of aliphatic hydroxyl groups excluding tert-OH is 1. The van der Waals surface area contributed by atoms with E-state index in [-0.39, 0.29) is 6.10 Å². The molecule has 1 aliphatic heterocycles. The number of nitrogens with zero attached hydrogens (tertiary/aromatic N) is 3. The standard InChI is InChI=1S/C10H17N5O/c1-7-2-3-15(6-8(7)16)10-5-12-4-9(13-10)14-11/h4-5,7-8,16H,2-3,6,11H2,1H3,(H,13,14). The molecule has 0 aliphatic carbocycles. The molecule has 1 saturated heterocycles. The van der Waals surface area contributed by atoms with Gasteiger partial charge < -0.3 is 15.4 Å². The molecule has 1 aromatic rings. The van der Waals surface area contributed by atoms with Crippen molar-refractivity contribution in [2.45, 2.75) is 19.4 Å². The molecule has 0 bridgehead atoms. The summed E-state index contributed by atoms with van der Waals surface area (Å²) in [5, 5.41) is 9.81. The summed E-state index contributed by atoms with van der Waals surface area (Å²) in [6.45, 7) is 3.55. The van der Waals surface area contributed by atoms with E-state index in [0.717, 1.165) is 18.8 Å². The van der Waals surface area contributed by atoms with E-state index < -0.39 is 0 Å². The third-order valence-electron chi connectivity index (χ3n) is 3.01. The number of anilines is 2. The molecule has 1 aromatic heterocycles. The molecular weight excluding hydrogens is 206 g/mol. The summed E-state index contributed by atoms with van der Waals surface area (Å²) in [7, 11) is 0. The summed E-state index contributed by atoms with van der Waals surface area (Å²) in [4.78, 5) is 10.4. The van der Waals surface area contributed by atoms with Crippen molar-refractivity contribution in [3.8, 4) is 0 Å². The molecule has 2 unspecified atom stereocenters. The molecule has 0 amide bonds. The molecule has 0 saturated carbocycles. The summed E-state index contributed by atoms with van der Waals surface area (Å²) in [6, 6.07) is 0. The van der Waals surface area contributed by atoms with Crippen LogP contribution in [0.5, 0.6) is 0 Å². The molecule has 0 aromatic carbocycles. The van der Waals surface area contributed by atoms with Gasteiger partial charge in [-0.2, -0.15) is 0 Å². The van der Waals surface area contributed by atoms with Crippen molar-refractivity contribution in [1.29, 1.82) is 0 Å². The first-order valence-corrected chi connectivity index (χ1v) is 5.42. The Hall–Kier alpha value is -1.40. The number of nitrogens with one attached hydrogen (secondary N) is 1. The first-order valence-electron chi connectivity index (χ1n) is 5.42. The number of nitrogens with two attached hydrogens (primary N) is 1. The number of hydrogen-bond acceptors (Lipinski definition) is 6. The van der Waals surface area contributed by atoms with Crippen molar-refractivity contribution in [2.24, 2.45) is 11.8 Å². The van der Waals surface area contributed by atoms with E-state index >= 15 is 0 Å². The van der Waals surface area contributed by atoms with E-state index in [9.17, 15) is 5.11 Å². The lowest BCUT2D eigenvalue weighted by molar-refractivity contribution is 0.102. The quantitative estimate of drug-likeness (QED) is 0.482. The van der Waals surface area contributed by atoms with Crippen molar-refractivity contribution in [2.75, 3.05) is 23.4 Å².